The number of esters is 8. The van der Waals surface area contributed by atoms with Crippen LogP contribution in [-0.2, 0) is 81.0 Å². The molecule has 0 amide bonds. The van der Waals surface area contributed by atoms with Crippen LogP contribution in [0.4, 0.5) is 4.79 Å². The average molecular weight is 1150 g/mol. The molecule has 0 radical (unpaired) electrons. The van der Waals surface area contributed by atoms with Crippen molar-refractivity contribution in [1.29, 1.82) is 0 Å². The summed E-state index contributed by atoms with van der Waals surface area (Å²) in [5.74, 6) is -0.883. The molecule has 0 saturated carbocycles. The van der Waals surface area contributed by atoms with E-state index < -0.39 is 91.9 Å². The van der Waals surface area contributed by atoms with E-state index >= 15 is 0 Å². The number of ether oxygens (including phenoxy) is 9. The molecule has 0 saturated heterocycles. The number of hydrogen-bond acceptors (Lipinski definition) is 24. The minimum atomic E-state index is -1.10. The molecule has 24 heteroatoms. The van der Waals surface area contributed by atoms with Crippen LogP contribution in [0.3, 0.4) is 0 Å². The number of thioether (sulfide) groups is 3. The van der Waals surface area contributed by atoms with Gasteiger partial charge in [0.15, 0.2) is 0 Å². The largest absolute Gasteiger partial charge is 0.469 e. The maximum absolute atomic E-state index is 11.8. The Balaban J connectivity index is -0.00000105. The quantitative estimate of drug-likeness (QED) is 0.0346. The predicted molar refractivity (Wildman–Crippen MR) is 290 cm³/mol. The van der Waals surface area contributed by atoms with E-state index in [-0.39, 0.29) is 70.2 Å². The summed E-state index contributed by atoms with van der Waals surface area (Å²) in [5.41, 5.74) is -3.88. The van der Waals surface area contributed by atoms with Crippen molar-refractivity contribution in [3.63, 3.8) is 0 Å². The van der Waals surface area contributed by atoms with Gasteiger partial charge < -0.3 is 58.0 Å². The molecule has 21 nitrogen and oxygen atoms in total. The molecular formula is C52H92O21S3. The second kappa shape index (κ2) is 37.9. The van der Waals surface area contributed by atoms with Crippen molar-refractivity contribution in [3.8, 4) is 0 Å². The van der Waals surface area contributed by atoms with Gasteiger partial charge >= 0.3 is 53.1 Å². The minimum Gasteiger partial charge on any atom is -0.469 e. The summed E-state index contributed by atoms with van der Waals surface area (Å²) >= 11 is 3.73. The van der Waals surface area contributed by atoms with Gasteiger partial charge in [-0.15, -0.1) is 0 Å². The van der Waals surface area contributed by atoms with E-state index in [1.807, 2.05) is 20.8 Å². The molecule has 3 atom stereocenters. The van der Waals surface area contributed by atoms with Crippen molar-refractivity contribution >= 4 is 88.3 Å². The second-order valence-electron chi connectivity index (χ2n) is 21.4. The maximum atomic E-state index is 11.8. The molecule has 0 heterocycles. The molecule has 0 aromatic rings. The number of carbonyl (C=O) groups excluding carboxylic acids is 9. The zero-order chi connectivity index (χ0) is 59.7. The van der Waals surface area contributed by atoms with Crippen LogP contribution in [0, 0.1) is 32.5 Å². The van der Waals surface area contributed by atoms with Crippen molar-refractivity contribution in [3.05, 3.63) is 0 Å². The first-order valence-electron chi connectivity index (χ1n) is 25.0. The average Bonchev–Trinajstić information content (AvgIpc) is 3.37. The van der Waals surface area contributed by atoms with Gasteiger partial charge in [-0.1, -0.05) is 20.8 Å². The Bertz CT molecular complexity index is 1710. The Labute approximate surface area is 464 Å². The van der Waals surface area contributed by atoms with Gasteiger partial charge in [0, 0.05) is 28.8 Å². The summed E-state index contributed by atoms with van der Waals surface area (Å²) in [4.78, 5) is 105. The molecule has 444 valence electrons. The van der Waals surface area contributed by atoms with Crippen molar-refractivity contribution in [1.82, 2.24) is 0 Å². The number of aliphatic hydroxyl groups is 3. The number of methoxy groups -OCH3 is 3. The lowest BCUT2D eigenvalue weighted by molar-refractivity contribution is -0.161. The monoisotopic (exact) mass is 1150 g/mol. The van der Waals surface area contributed by atoms with Gasteiger partial charge in [-0.05, 0) is 114 Å². The predicted octanol–water partition coefficient (Wildman–Crippen LogP) is 6.78. The molecule has 0 aliphatic carbocycles. The highest BCUT2D eigenvalue weighted by molar-refractivity contribution is 8.13. The maximum Gasteiger partial charge on any atom is 0.367 e. The Kier molecular flexibility index (Phi) is 38.1. The Hall–Kier alpha value is -3.84. The third-order valence-corrected chi connectivity index (χ3v) is 15.4. The first kappa shape index (κ1) is 76.4. The summed E-state index contributed by atoms with van der Waals surface area (Å²) in [7, 11) is 3.97. The highest BCUT2D eigenvalue weighted by atomic mass is 32.2. The zero-order valence-corrected chi connectivity index (χ0v) is 50.9. The first-order valence-corrected chi connectivity index (χ1v) is 28.2. The van der Waals surface area contributed by atoms with E-state index in [1.54, 1.807) is 83.1 Å². The molecular weight excluding hydrogens is 1060 g/mol. The molecule has 0 aromatic heterocycles. The lowest BCUT2D eigenvalue weighted by Gasteiger charge is -2.22. The summed E-state index contributed by atoms with van der Waals surface area (Å²) in [6.45, 7) is 25.2. The minimum absolute atomic E-state index is 0.164. The van der Waals surface area contributed by atoms with Gasteiger partial charge in [0.2, 0.25) is 0 Å². The number of hydrogen-bond donors (Lipinski definition) is 3. The molecule has 0 rings (SSSR count). The van der Waals surface area contributed by atoms with Crippen molar-refractivity contribution < 1.29 is 101 Å². The smallest absolute Gasteiger partial charge is 0.367 e. The van der Waals surface area contributed by atoms with E-state index in [9.17, 15) is 58.5 Å². The van der Waals surface area contributed by atoms with Crippen molar-refractivity contribution in [2.75, 3.05) is 89.7 Å². The van der Waals surface area contributed by atoms with Crippen molar-refractivity contribution in [2.24, 2.45) is 32.5 Å². The van der Waals surface area contributed by atoms with Crippen LogP contribution in [0.2, 0.25) is 0 Å². The topological polar surface area (TPSA) is 297 Å². The fourth-order valence-corrected chi connectivity index (χ4v) is 7.53. The summed E-state index contributed by atoms with van der Waals surface area (Å²) in [6, 6.07) is 0. The second-order valence-corrected chi connectivity index (χ2v) is 24.5. The van der Waals surface area contributed by atoms with Crippen LogP contribution < -0.4 is 0 Å². The van der Waals surface area contributed by atoms with Gasteiger partial charge in [0.05, 0.1) is 66.7 Å². The number of carbonyl (C=O) groups is 9. The standard InChI is InChI=1S/2C18H32O7S.C16H28O7S/c2*1-7-17(2,3)16(22)25-11-13(19)10-24-14(20)8-9-26-12-18(4,5)15(21)23-6;1-7-15(2,3)13(19)22-8-11(17)9-23-14(20)24-10-16(4,5)12(18)21-6/h2*13,19H,7-12H2,1-6H3;11,17H,7-10H2,1-6H3. The van der Waals surface area contributed by atoms with E-state index in [2.05, 4.69) is 4.74 Å². The SMILES string of the molecule is CCC(C)(C)C(=O)OCC(O)COC(=O)CCSCC(C)(C)C(=O)OC.CCC(C)(C)C(=O)OCC(O)COC(=O)CCSCC(C)(C)C(=O)OC.CCC(C)(C)C(=O)OCC(O)COC(=O)SCC(C)(C)C(=O)OC. The van der Waals surface area contributed by atoms with Gasteiger partial charge in [-0.25, -0.2) is 4.79 Å². The van der Waals surface area contributed by atoms with Gasteiger partial charge in [0.25, 0.3) is 0 Å². The lowest BCUT2D eigenvalue weighted by Crippen LogP contribution is -2.31. The van der Waals surface area contributed by atoms with E-state index in [0.717, 1.165) is 11.8 Å². The highest BCUT2D eigenvalue weighted by Crippen LogP contribution is 2.27. The van der Waals surface area contributed by atoms with Crippen LogP contribution in [0.25, 0.3) is 0 Å². The molecule has 76 heavy (non-hydrogen) atoms. The molecule has 0 bridgehead atoms. The zero-order valence-electron chi connectivity index (χ0n) is 48.5. The lowest BCUT2D eigenvalue weighted by atomic mass is 9.91. The van der Waals surface area contributed by atoms with Crippen LogP contribution >= 0.6 is 35.3 Å². The fourth-order valence-electron chi connectivity index (χ4n) is 4.62. The highest BCUT2D eigenvalue weighted by Gasteiger charge is 2.33. The summed E-state index contributed by atoms with van der Waals surface area (Å²) in [5, 5.41) is 28.6. The Morgan fingerprint density at radius 2 is 0.618 bits per heavy atom. The molecule has 0 aromatic carbocycles. The van der Waals surface area contributed by atoms with Crippen LogP contribution in [0.1, 0.15) is 136 Å². The molecule has 0 aliphatic heterocycles. The molecule has 0 aliphatic rings. The van der Waals surface area contributed by atoms with E-state index in [1.165, 1.54) is 44.9 Å². The van der Waals surface area contributed by atoms with Crippen molar-refractivity contribution in [2.45, 2.75) is 154 Å². The van der Waals surface area contributed by atoms with Crippen LogP contribution in [0.5, 0.6) is 0 Å². The van der Waals surface area contributed by atoms with Gasteiger partial charge in [-0.3, -0.25) is 38.4 Å². The van der Waals surface area contributed by atoms with E-state index in [0.29, 0.717) is 42.3 Å². The number of aliphatic hydroxyl groups excluding tert-OH is 3. The Morgan fingerprint density at radius 1 is 0.368 bits per heavy atom. The van der Waals surface area contributed by atoms with Crippen LogP contribution in [0.15, 0.2) is 0 Å². The number of rotatable bonds is 33. The van der Waals surface area contributed by atoms with Gasteiger partial charge in [0.1, 0.15) is 58.0 Å². The normalized spacial score (nSPS) is 13.1. The van der Waals surface area contributed by atoms with Gasteiger partial charge in [-0.2, -0.15) is 23.5 Å². The Morgan fingerprint density at radius 3 is 0.882 bits per heavy atom. The third-order valence-electron chi connectivity index (χ3n) is 11.4. The molecule has 3 N–H and O–H groups in total. The van der Waals surface area contributed by atoms with E-state index in [4.69, 9.17) is 37.9 Å². The summed E-state index contributed by atoms with van der Waals surface area (Å²) < 4.78 is 44.0. The summed E-state index contributed by atoms with van der Waals surface area (Å²) in [6.07, 6.45) is -1.01. The third kappa shape index (κ3) is 34.1. The molecule has 0 fully saturated rings. The van der Waals surface area contributed by atoms with Crippen LogP contribution in [-0.4, -0.2) is 176 Å². The first-order chi connectivity index (χ1) is 34.9. The molecule has 3 unspecified atom stereocenters. The fraction of sp³-hybridized carbons (Fsp3) is 0.827. The molecule has 0 spiro atoms.